The molecule has 0 unspecified atom stereocenters. The lowest BCUT2D eigenvalue weighted by molar-refractivity contribution is -0.149. The lowest BCUT2D eigenvalue weighted by Crippen LogP contribution is -2.12. The molecular formula is C12H12O4. The third kappa shape index (κ3) is 2.95. The highest BCUT2D eigenvalue weighted by Gasteiger charge is 2.09. The van der Waals surface area contributed by atoms with Crippen LogP contribution in [0.1, 0.15) is 5.56 Å². The fourth-order valence-electron chi connectivity index (χ4n) is 1.14. The number of esters is 1. The number of ketones is 1. The predicted molar refractivity (Wildman–Crippen MR) is 59.1 cm³/mol. The number of methoxy groups -OCH3 is 2. The van der Waals surface area contributed by atoms with Gasteiger partial charge in [0.1, 0.15) is 5.75 Å². The second kappa shape index (κ2) is 5.70. The van der Waals surface area contributed by atoms with Crippen molar-refractivity contribution in [1.29, 1.82) is 0 Å². The minimum atomic E-state index is -0.883. The zero-order valence-electron chi connectivity index (χ0n) is 9.10. The van der Waals surface area contributed by atoms with Crippen LogP contribution in [0.5, 0.6) is 5.75 Å². The predicted octanol–water partition coefficient (Wildman–Crippen LogP) is 1.45. The van der Waals surface area contributed by atoms with Gasteiger partial charge in [-0.1, -0.05) is 18.2 Å². The molecule has 4 nitrogen and oxygen atoms in total. The van der Waals surface area contributed by atoms with E-state index in [1.165, 1.54) is 13.2 Å². The van der Waals surface area contributed by atoms with Crippen molar-refractivity contribution in [3.63, 3.8) is 0 Å². The average Bonchev–Trinajstić information content (AvgIpc) is 2.35. The highest BCUT2D eigenvalue weighted by Crippen LogP contribution is 2.18. The fraction of sp³-hybridized carbons (Fsp3) is 0.167. The van der Waals surface area contributed by atoms with E-state index < -0.39 is 11.8 Å². The van der Waals surface area contributed by atoms with Crippen molar-refractivity contribution in [1.82, 2.24) is 0 Å². The minimum Gasteiger partial charge on any atom is -0.496 e. The van der Waals surface area contributed by atoms with Crippen LogP contribution in [0.15, 0.2) is 30.3 Å². The topological polar surface area (TPSA) is 52.6 Å². The summed E-state index contributed by atoms with van der Waals surface area (Å²) >= 11 is 0. The van der Waals surface area contributed by atoms with Crippen molar-refractivity contribution < 1.29 is 19.1 Å². The second-order valence-electron chi connectivity index (χ2n) is 2.93. The van der Waals surface area contributed by atoms with Gasteiger partial charge in [-0.25, -0.2) is 4.79 Å². The standard InChI is InChI=1S/C12H12O4/c1-15-11-6-4-3-5-9(11)7-8-10(13)12(14)16-2/h3-8H,1-2H3. The molecule has 0 amide bonds. The summed E-state index contributed by atoms with van der Waals surface area (Å²) in [5.41, 5.74) is 0.724. The highest BCUT2D eigenvalue weighted by atomic mass is 16.5. The molecular weight excluding hydrogens is 208 g/mol. The number of hydrogen-bond acceptors (Lipinski definition) is 4. The zero-order chi connectivity index (χ0) is 12.0. The Morgan fingerprint density at radius 3 is 2.50 bits per heavy atom. The van der Waals surface area contributed by atoms with E-state index in [4.69, 9.17) is 4.74 Å². The molecule has 0 bridgehead atoms. The monoisotopic (exact) mass is 220 g/mol. The van der Waals surface area contributed by atoms with Gasteiger partial charge >= 0.3 is 5.97 Å². The van der Waals surface area contributed by atoms with E-state index >= 15 is 0 Å². The Labute approximate surface area is 93.5 Å². The molecule has 0 aliphatic rings. The van der Waals surface area contributed by atoms with Gasteiger partial charge in [0.25, 0.3) is 5.78 Å². The van der Waals surface area contributed by atoms with Gasteiger partial charge in [0.2, 0.25) is 0 Å². The lowest BCUT2D eigenvalue weighted by Gasteiger charge is -2.02. The van der Waals surface area contributed by atoms with Gasteiger partial charge in [-0.2, -0.15) is 0 Å². The van der Waals surface area contributed by atoms with Crippen LogP contribution >= 0.6 is 0 Å². The maximum atomic E-state index is 11.1. The first-order valence-corrected chi connectivity index (χ1v) is 4.62. The summed E-state index contributed by atoms with van der Waals surface area (Å²) in [4.78, 5) is 22.0. The van der Waals surface area contributed by atoms with Crippen molar-refractivity contribution in [2.45, 2.75) is 0 Å². The number of ether oxygens (including phenoxy) is 2. The van der Waals surface area contributed by atoms with Crippen LogP contribution in [0.3, 0.4) is 0 Å². The minimum absolute atomic E-state index is 0.636. The van der Waals surface area contributed by atoms with E-state index in [0.29, 0.717) is 5.75 Å². The molecule has 0 fully saturated rings. The summed E-state index contributed by atoms with van der Waals surface area (Å²) in [6.45, 7) is 0. The van der Waals surface area contributed by atoms with Crippen molar-refractivity contribution in [2.24, 2.45) is 0 Å². The van der Waals surface area contributed by atoms with Gasteiger partial charge in [0, 0.05) is 5.56 Å². The normalized spacial score (nSPS) is 10.1. The molecule has 0 aliphatic heterocycles. The molecule has 0 saturated heterocycles. The summed E-state index contributed by atoms with van der Waals surface area (Å²) in [7, 11) is 2.70. The van der Waals surface area contributed by atoms with E-state index in [9.17, 15) is 9.59 Å². The molecule has 0 spiro atoms. The summed E-state index contributed by atoms with van der Waals surface area (Å²) in [5.74, 6) is -0.948. The third-order valence-electron chi connectivity index (χ3n) is 1.94. The van der Waals surface area contributed by atoms with Crippen LogP contribution in [0, 0.1) is 0 Å². The van der Waals surface area contributed by atoms with Gasteiger partial charge in [-0.3, -0.25) is 4.79 Å². The van der Waals surface area contributed by atoms with Crippen LogP contribution in [0.4, 0.5) is 0 Å². The number of para-hydroxylation sites is 1. The molecule has 0 aliphatic carbocycles. The van der Waals surface area contributed by atoms with E-state index in [-0.39, 0.29) is 0 Å². The number of carbonyl (C=O) groups is 2. The molecule has 84 valence electrons. The van der Waals surface area contributed by atoms with Gasteiger partial charge in [0.15, 0.2) is 0 Å². The molecule has 4 heteroatoms. The Kier molecular flexibility index (Phi) is 4.27. The molecule has 0 radical (unpaired) electrons. The second-order valence-corrected chi connectivity index (χ2v) is 2.93. The van der Waals surface area contributed by atoms with E-state index in [2.05, 4.69) is 4.74 Å². The first kappa shape index (κ1) is 12.0. The van der Waals surface area contributed by atoms with Crippen LogP contribution < -0.4 is 4.74 Å². The van der Waals surface area contributed by atoms with Crippen LogP contribution in [-0.4, -0.2) is 26.0 Å². The summed E-state index contributed by atoms with van der Waals surface area (Å²) in [6, 6.07) is 7.17. The van der Waals surface area contributed by atoms with Crippen molar-refractivity contribution >= 4 is 17.8 Å². The maximum absolute atomic E-state index is 11.1. The Morgan fingerprint density at radius 1 is 1.19 bits per heavy atom. The number of hydrogen-bond donors (Lipinski definition) is 0. The molecule has 1 rings (SSSR count). The Hall–Kier alpha value is -2.10. The molecule has 0 aromatic heterocycles. The fourth-order valence-corrected chi connectivity index (χ4v) is 1.14. The molecule has 1 aromatic rings. The largest absolute Gasteiger partial charge is 0.496 e. The summed E-state index contributed by atoms with van der Waals surface area (Å²) < 4.78 is 9.37. The molecule has 0 N–H and O–H groups in total. The molecule has 0 atom stereocenters. The van der Waals surface area contributed by atoms with Crippen LogP contribution in [0.25, 0.3) is 6.08 Å². The zero-order valence-corrected chi connectivity index (χ0v) is 9.10. The van der Waals surface area contributed by atoms with Crippen molar-refractivity contribution in [3.8, 4) is 5.75 Å². The molecule has 0 heterocycles. The van der Waals surface area contributed by atoms with E-state index in [1.54, 1.807) is 12.1 Å². The molecule has 1 aromatic carbocycles. The Morgan fingerprint density at radius 2 is 1.88 bits per heavy atom. The van der Waals surface area contributed by atoms with E-state index in [0.717, 1.165) is 18.7 Å². The average molecular weight is 220 g/mol. The molecule has 16 heavy (non-hydrogen) atoms. The van der Waals surface area contributed by atoms with Crippen molar-refractivity contribution in [3.05, 3.63) is 35.9 Å². The lowest BCUT2D eigenvalue weighted by atomic mass is 10.1. The maximum Gasteiger partial charge on any atom is 0.378 e. The van der Waals surface area contributed by atoms with Gasteiger partial charge in [-0.05, 0) is 18.2 Å². The van der Waals surface area contributed by atoms with Gasteiger partial charge < -0.3 is 9.47 Å². The third-order valence-corrected chi connectivity index (χ3v) is 1.94. The van der Waals surface area contributed by atoms with Crippen LogP contribution in [0.2, 0.25) is 0 Å². The first-order valence-electron chi connectivity index (χ1n) is 4.62. The van der Waals surface area contributed by atoms with Gasteiger partial charge in [0.05, 0.1) is 14.2 Å². The highest BCUT2D eigenvalue weighted by molar-refractivity contribution is 6.39. The number of carbonyl (C=O) groups excluding carboxylic acids is 2. The number of benzene rings is 1. The number of rotatable bonds is 4. The summed E-state index contributed by atoms with van der Waals surface area (Å²) in [6.07, 6.45) is 2.67. The first-order chi connectivity index (χ1) is 7.69. The summed E-state index contributed by atoms with van der Waals surface area (Å²) in [5, 5.41) is 0. The van der Waals surface area contributed by atoms with Crippen LogP contribution in [-0.2, 0) is 14.3 Å². The SMILES string of the molecule is COC(=O)C(=O)C=Cc1ccccc1OC. The smallest absolute Gasteiger partial charge is 0.378 e. The molecule has 0 saturated carbocycles. The van der Waals surface area contributed by atoms with Gasteiger partial charge in [-0.15, -0.1) is 0 Å². The quantitative estimate of drug-likeness (QED) is 0.438. The van der Waals surface area contributed by atoms with E-state index in [1.807, 2.05) is 12.1 Å². The Bertz CT molecular complexity index is 421. The van der Waals surface area contributed by atoms with Crippen molar-refractivity contribution in [2.75, 3.05) is 14.2 Å². The Balaban J connectivity index is 2.84.